The molecule has 5 rings (SSSR count). The van der Waals surface area contributed by atoms with Crippen LogP contribution in [-0.4, -0.2) is 15.8 Å². The average Bonchev–Trinajstić information content (AvgIpc) is 2.97. The zero-order chi connectivity index (χ0) is 18.6. The van der Waals surface area contributed by atoms with Crippen molar-refractivity contribution in [3.63, 3.8) is 0 Å². The predicted octanol–water partition coefficient (Wildman–Crippen LogP) is 4.78. The highest BCUT2D eigenvalue weighted by atomic mass is 16.1. The molecule has 3 aromatic rings. The van der Waals surface area contributed by atoms with Crippen LogP contribution in [0.1, 0.15) is 38.3 Å². The van der Waals surface area contributed by atoms with Crippen molar-refractivity contribution >= 4 is 28.2 Å². The fraction of sp³-hybridized carbons (Fsp3) is 0.273. The van der Waals surface area contributed by atoms with Crippen molar-refractivity contribution in [1.29, 1.82) is 0 Å². The molecule has 136 valence electrons. The number of H-pyrrole nitrogens is 1. The molecule has 1 aliphatic heterocycles. The summed E-state index contributed by atoms with van der Waals surface area (Å²) in [7, 11) is 0. The number of para-hydroxylation sites is 1. The SMILES string of the molecule is CC1(C)CC(=O)C2=C(C1)Nc1cccnc1N[C@@H]2c1c[nH]c2ccccc12. The van der Waals surface area contributed by atoms with Crippen LogP contribution in [0.25, 0.3) is 10.9 Å². The van der Waals surface area contributed by atoms with Crippen molar-refractivity contribution in [2.45, 2.75) is 32.7 Å². The lowest BCUT2D eigenvalue weighted by Gasteiger charge is -2.34. The molecule has 0 fully saturated rings. The first-order valence-electron chi connectivity index (χ1n) is 9.33. The lowest BCUT2D eigenvalue weighted by molar-refractivity contribution is -0.118. The highest BCUT2D eigenvalue weighted by Gasteiger charge is 2.39. The number of ketones is 1. The van der Waals surface area contributed by atoms with E-state index in [1.165, 1.54) is 0 Å². The van der Waals surface area contributed by atoms with E-state index >= 15 is 0 Å². The molecule has 1 atom stereocenters. The second-order valence-corrected chi connectivity index (χ2v) is 8.22. The van der Waals surface area contributed by atoms with Gasteiger partial charge >= 0.3 is 0 Å². The van der Waals surface area contributed by atoms with Gasteiger partial charge in [-0.2, -0.15) is 0 Å². The molecule has 0 saturated carbocycles. The van der Waals surface area contributed by atoms with Crippen molar-refractivity contribution in [2.75, 3.05) is 10.6 Å². The number of aromatic nitrogens is 2. The Hall–Kier alpha value is -3.08. The molecule has 0 saturated heterocycles. The summed E-state index contributed by atoms with van der Waals surface area (Å²) in [6.07, 6.45) is 5.17. The summed E-state index contributed by atoms with van der Waals surface area (Å²) in [5, 5.41) is 8.17. The van der Waals surface area contributed by atoms with Gasteiger partial charge in [-0.25, -0.2) is 4.98 Å². The summed E-state index contributed by atoms with van der Waals surface area (Å²) in [5.74, 6) is 0.970. The predicted molar refractivity (Wildman–Crippen MR) is 108 cm³/mol. The topological polar surface area (TPSA) is 69.8 Å². The maximum atomic E-state index is 13.2. The molecular formula is C22H22N4O. The van der Waals surface area contributed by atoms with Gasteiger partial charge in [-0.1, -0.05) is 32.0 Å². The maximum absolute atomic E-state index is 13.2. The zero-order valence-corrected chi connectivity index (χ0v) is 15.5. The lowest BCUT2D eigenvalue weighted by Crippen LogP contribution is -2.31. The molecule has 5 nitrogen and oxygen atoms in total. The number of allylic oxidation sites excluding steroid dienone is 1. The first kappa shape index (κ1) is 16.1. The molecule has 27 heavy (non-hydrogen) atoms. The summed E-state index contributed by atoms with van der Waals surface area (Å²) in [6, 6.07) is 11.9. The third kappa shape index (κ3) is 2.62. The lowest BCUT2D eigenvalue weighted by atomic mass is 9.73. The number of pyridine rings is 1. The molecule has 1 aliphatic carbocycles. The van der Waals surface area contributed by atoms with E-state index in [2.05, 4.69) is 46.6 Å². The third-order valence-corrected chi connectivity index (χ3v) is 5.52. The number of anilines is 2. The Kier molecular flexibility index (Phi) is 3.41. The van der Waals surface area contributed by atoms with Gasteiger partial charge < -0.3 is 15.6 Å². The Morgan fingerprint density at radius 1 is 1.11 bits per heavy atom. The highest BCUT2D eigenvalue weighted by molar-refractivity contribution is 6.02. The van der Waals surface area contributed by atoms with Gasteiger partial charge in [0.15, 0.2) is 5.78 Å². The van der Waals surface area contributed by atoms with Crippen LogP contribution in [0.5, 0.6) is 0 Å². The summed E-state index contributed by atoms with van der Waals surface area (Å²) in [5.41, 5.74) is 4.84. The Bertz CT molecular complexity index is 1090. The number of benzene rings is 1. The van der Waals surface area contributed by atoms with Crippen LogP contribution in [0, 0.1) is 5.41 Å². The molecule has 0 unspecified atom stereocenters. The van der Waals surface area contributed by atoms with Gasteiger partial charge in [0.05, 0.1) is 11.7 Å². The van der Waals surface area contributed by atoms with Crippen LogP contribution in [-0.2, 0) is 4.79 Å². The number of Topliss-reactive ketones (excluding diaryl/α,β-unsaturated/α-hetero) is 1. The van der Waals surface area contributed by atoms with Crippen LogP contribution < -0.4 is 10.6 Å². The first-order valence-corrected chi connectivity index (χ1v) is 9.33. The number of carbonyl (C=O) groups excluding carboxylic acids is 1. The molecule has 0 bridgehead atoms. The average molecular weight is 358 g/mol. The van der Waals surface area contributed by atoms with Gasteiger partial charge in [0.25, 0.3) is 0 Å². The molecule has 5 heteroatoms. The molecule has 0 amide bonds. The van der Waals surface area contributed by atoms with E-state index in [0.29, 0.717) is 6.42 Å². The Morgan fingerprint density at radius 2 is 1.96 bits per heavy atom. The van der Waals surface area contributed by atoms with Crippen molar-refractivity contribution in [2.24, 2.45) is 5.41 Å². The van der Waals surface area contributed by atoms with Crippen LogP contribution in [0.2, 0.25) is 0 Å². The third-order valence-electron chi connectivity index (χ3n) is 5.52. The standard InChI is InChI=1S/C22H22N4O/c1-22(2)10-17-19(18(27)11-22)20(26-21-16(25-17)8-5-9-23-21)14-12-24-15-7-4-3-6-13(14)15/h3-9,12,20,24-25H,10-11H2,1-2H3,(H,23,26)/t20-/m1/s1. The number of carbonyl (C=O) groups is 1. The second kappa shape index (κ2) is 5.71. The van der Waals surface area contributed by atoms with E-state index in [4.69, 9.17) is 0 Å². The summed E-state index contributed by atoms with van der Waals surface area (Å²) in [6.45, 7) is 4.30. The highest BCUT2D eigenvalue weighted by Crippen LogP contribution is 2.45. The number of rotatable bonds is 1. The Labute approximate surface area is 157 Å². The van der Waals surface area contributed by atoms with Gasteiger partial charge in [0, 0.05) is 46.6 Å². The van der Waals surface area contributed by atoms with E-state index in [0.717, 1.165) is 45.7 Å². The molecule has 1 aromatic carbocycles. The molecule has 3 heterocycles. The molecule has 0 radical (unpaired) electrons. The number of fused-ring (bicyclic) bond motifs is 2. The minimum atomic E-state index is -0.233. The van der Waals surface area contributed by atoms with Crippen LogP contribution in [0.3, 0.4) is 0 Å². The normalized spacial score (nSPS) is 21.1. The second-order valence-electron chi connectivity index (χ2n) is 8.22. The van der Waals surface area contributed by atoms with Crippen molar-refractivity contribution in [1.82, 2.24) is 9.97 Å². The first-order chi connectivity index (χ1) is 13.0. The van der Waals surface area contributed by atoms with Crippen molar-refractivity contribution < 1.29 is 4.79 Å². The Balaban J connectivity index is 1.74. The van der Waals surface area contributed by atoms with E-state index in [-0.39, 0.29) is 17.2 Å². The smallest absolute Gasteiger partial charge is 0.163 e. The number of hydrogen-bond acceptors (Lipinski definition) is 4. The summed E-state index contributed by atoms with van der Waals surface area (Å²) in [4.78, 5) is 21.1. The molecular weight excluding hydrogens is 336 g/mol. The number of hydrogen-bond donors (Lipinski definition) is 3. The molecule has 2 aliphatic rings. The summed E-state index contributed by atoms with van der Waals surface area (Å²) >= 11 is 0. The van der Waals surface area contributed by atoms with Gasteiger partial charge in [0.2, 0.25) is 0 Å². The maximum Gasteiger partial charge on any atom is 0.163 e. The fourth-order valence-electron chi connectivity index (χ4n) is 4.34. The molecule has 3 N–H and O–H groups in total. The minimum Gasteiger partial charge on any atom is -0.361 e. The van der Waals surface area contributed by atoms with Crippen molar-refractivity contribution in [3.05, 3.63) is 65.6 Å². The quantitative estimate of drug-likeness (QED) is 0.585. The molecule has 0 spiro atoms. The zero-order valence-electron chi connectivity index (χ0n) is 15.5. The van der Waals surface area contributed by atoms with E-state index in [1.807, 2.05) is 30.5 Å². The largest absolute Gasteiger partial charge is 0.361 e. The van der Waals surface area contributed by atoms with Gasteiger partial charge in [-0.15, -0.1) is 0 Å². The number of nitrogens with one attached hydrogen (secondary N) is 3. The minimum absolute atomic E-state index is 0.0552. The van der Waals surface area contributed by atoms with E-state index < -0.39 is 0 Å². The van der Waals surface area contributed by atoms with Gasteiger partial charge in [-0.05, 0) is 30.0 Å². The van der Waals surface area contributed by atoms with Crippen molar-refractivity contribution in [3.8, 4) is 0 Å². The number of nitrogens with zero attached hydrogens (tertiary/aromatic N) is 1. The number of aromatic amines is 1. The van der Waals surface area contributed by atoms with Crippen LogP contribution >= 0.6 is 0 Å². The Morgan fingerprint density at radius 3 is 2.85 bits per heavy atom. The summed E-state index contributed by atoms with van der Waals surface area (Å²) < 4.78 is 0. The van der Waals surface area contributed by atoms with Crippen LogP contribution in [0.4, 0.5) is 11.5 Å². The van der Waals surface area contributed by atoms with E-state index in [1.54, 1.807) is 6.20 Å². The monoisotopic (exact) mass is 358 g/mol. The fourth-order valence-corrected chi connectivity index (χ4v) is 4.34. The van der Waals surface area contributed by atoms with Gasteiger partial charge in [0.1, 0.15) is 5.82 Å². The van der Waals surface area contributed by atoms with E-state index in [9.17, 15) is 4.79 Å². The molecule has 2 aromatic heterocycles. The van der Waals surface area contributed by atoms with Gasteiger partial charge in [-0.3, -0.25) is 4.79 Å². The van der Waals surface area contributed by atoms with Crippen LogP contribution in [0.15, 0.2) is 60.1 Å².